The number of carbonyl (C=O) groups excluding carboxylic acids is 1. The van der Waals surface area contributed by atoms with Gasteiger partial charge in [0.05, 0.1) is 23.1 Å². The number of rotatable bonds is 8. The molecule has 0 radical (unpaired) electrons. The number of carboxylic acids is 2. The summed E-state index contributed by atoms with van der Waals surface area (Å²) in [6.45, 7) is 2.14. The largest absolute Gasteiger partial charge is 0.481 e. The highest BCUT2D eigenvalue weighted by Gasteiger charge is 2.41. The van der Waals surface area contributed by atoms with Crippen molar-refractivity contribution in [3.8, 4) is 0 Å². The third-order valence-electron chi connectivity index (χ3n) is 6.76. The van der Waals surface area contributed by atoms with Crippen molar-refractivity contribution in [3.63, 3.8) is 0 Å². The highest BCUT2D eigenvalue weighted by molar-refractivity contribution is 7.11. The molecule has 1 aromatic heterocycles. The number of carboxylic acid groups (broad SMARTS) is 2. The molecule has 0 saturated carbocycles. The van der Waals surface area contributed by atoms with Gasteiger partial charge in [0.2, 0.25) is 0 Å². The minimum absolute atomic E-state index is 0.0502. The predicted molar refractivity (Wildman–Crippen MR) is 137 cm³/mol. The first-order chi connectivity index (χ1) is 18.2. The number of hydrogen-bond acceptors (Lipinski definition) is 8. The second-order valence-corrected chi connectivity index (χ2v) is 10.4. The van der Waals surface area contributed by atoms with Gasteiger partial charge in [0.1, 0.15) is 11.9 Å². The molecule has 14 heteroatoms. The van der Waals surface area contributed by atoms with Gasteiger partial charge in [-0.1, -0.05) is 23.7 Å². The fourth-order valence-electron chi connectivity index (χ4n) is 5.00. The van der Waals surface area contributed by atoms with Gasteiger partial charge in [0.15, 0.2) is 10.8 Å². The molecule has 4 heterocycles. The molecule has 3 aliphatic rings. The highest BCUT2D eigenvalue weighted by atomic mass is 35.5. The lowest BCUT2D eigenvalue weighted by atomic mass is 9.95. The fourth-order valence-corrected chi connectivity index (χ4v) is 5.82. The van der Waals surface area contributed by atoms with E-state index in [9.17, 15) is 23.9 Å². The van der Waals surface area contributed by atoms with Crippen LogP contribution in [0.5, 0.6) is 0 Å². The van der Waals surface area contributed by atoms with Gasteiger partial charge in [-0.3, -0.25) is 14.7 Å². The standard InChI is InChI=1S/C24H24ClFN6O5S/c25-19-14(2-1-3-15(19)26)20-18(23(35)36)16(28-21(29-20)22-27-5-9-38-22)12-30-7-8-32-13(10-30)11-31(24(32)37)6-4-17(33)34/h1-3,5,9,13,20H,4,6-8,10-12H2,(H,28,29)(H,33,34)(H,35,36)/t13-,20-/m0/s1. The number of fused-ring (bicyclic) bond motifs is 1. The molecule has 11 nitrogen and oxygen atoms in total. The maximum atomic E-state index is 14.3. The Bertz CT molecular complexity index is 1340. The molecule has 2 saturated heterocycles. The van der Waals surface area contributed by atoms with Crippen LogP contribution in [0.2, 0.25) is 5.02 Å². The summed E-state index contributed by atoms with van der Waals surface area (Å²) in [6.07, 6.45) is 1.48. The van der Waals surface area contributed by atoms with Crippen LogP contribution in [0, 0.1) is 5.82 Å². The molecule has 200 valence electrons. The number of piperazine rings is 1. The number of urea groups is 1. The summed E-state index contributed by atoms with van der Waals surface area (Å²) in [7, 11) is 0. The molecule has 2 atom stereocenters. The van der Waals surface area contributed by atoms with Crippen LogP contribution >= 0.6 is 22.9 Å². The Labute approximate surface area is 225 Å². The monoisotopic (exact) mass is 562 g/mol. The van der Waals surface area contributed by atoms with Crippen LogP contribution in [0.15, 0.2) is 46.0 Å². The number of amidine groups is 1. The normalized spacial score (nSPS) is 21.8. The molecular formula is C24H24ClFN6O5S. The van der Waals surface area contributed by atoms with Crippen LogP contribution in [0.4, 0.5) is 9.18 Å². The Balaban J connectivity index is 1.43. The van der Waals surface area contributed by atoms with E-state index in [1.54, 1.807) is 22.5 Å². The van der Waals surface area contributed by atoms with E-state index in [4.69, 9.17) is 16.7 Å². The Hall–Kier alpha value is -3.55. The Kier molecular flexibility index (Phi) is 7.32. The molecule has 0 unspecified atom stereocenters. The molecule has 3 N–H and O–H groups in total. The Morgan fingerprint density at radius 3 is 2.76 bits per heavy atom. The number of aromatic nitrogens is 1. The first-order valence-corrected chi connectivity index (χ1v) is 13.1. The van der Waals surface area contributed by atoms with E-state index >= 15 is 0 Å². The van der Waals surface area contributed by atoms with Crippen LogP contribution in [-0.4, -0.2) is 99.0 Å². The predicted octanol–water partition coefficient (Wildman–Crippen LogP) is 2.26. The lowest BCUT2D eigenvalue weighted by Crippen LogP contribution is -2.53. The smallest absolute Gasteiger partial charge is 0.335 e. The van der Waals surface area contributed by atoms with E-state index in [1.165, 1.54) is 28.4 Å². The van der Waals surface area contributed by atoms with Gasteiger partial charge in [0, 0.05) is 62.1 Å². The Morgan fingerprint density at radius 2 is 2.05 bits per heavy atom. The van der Waals surface area contributed by atoms with Gasteiger partial charge in [0.25, 0.3) is 0 Å². The van der Waals surface area contributed by atoms with Crippen LogP contribution in [0.1, 0.15) is 23.0 Å². The number of aliphatic carboxylic acids is 2. The van der Waals surface area contributed by atoms with Crippen molar-refractivity contribution in [2.45, 2.75) is 18.5 Å². The zero-order chi connectivity index (χ0) is 27.0. The number of nitrogens with one attached hydrogen (secondary N) is 1. The molecule has 5 rings (SSSR count). The number of aliphatic imine (C=N–C) groups is 1. The minimum atomic E-state index is -1.21. The van der Waals surface area contributed by atoms with E-state index in [2.05, 4.69) is 15.3 Å². The third-order valence-corrected chi connectivity index (χ3v) is 7.94. The second-order valence-electron chi connectivity index (χ2n) is 9.14. The van der Waals surface area contributed by atoms with Crippen LogP contribution in [-0.2, 0) is 9.59 Å². The average molecular weight is 563 g/mol. The van der Waals surface area contributed by atoms with Crippen molar-refractivity contribution in [3.05, 3.63) is 62.5 Å². The fraction of sp³-hybridized carbons (Fsp3) is 0.375. The van der Waals surface area contributed by atoms with Crippen LogP contribution in [0.25, 0.3) is 0 Å². The summed E-state index contributed by atoms with van der Waals surface area (Å²) >= 11 is 7.58. The zero-order valence-corrected chi connectivity index (χ0v) is 21.6. The summed E-state index contributed by atoms with van der Waals surface area (Å²) in [4.78, 5) is 50.4. The number of hydrogen-bond donors (Lipinski definition) is 3. The molecular weight excluding hydrogens is 539 g/mol. The molecule has 3 aliphatic heterocycles. The quantitative estimate of drug-likeness (QED) is 0.445. The van der Waals surface area contributed by atoms with E-state index < -0.39 is 23.8 Å². The molecule has 0 spiro atoms. The van der Waals surface area contributed by atoms with Crippen LogP contribution < -0.4 is 5.32 Å². The molecule has 2 aromatic rings. The van der Waals surface area contributed by atoms with Gasteiger partial charge in [-0.05, 0) is 6.07 Å². The first kappa shape index (κ1) is 26.1. The molecule has 0 aliphatic carbocycles. The number of carbonyl (C=O) groups is 3. The summed E-state index contributed by atoms with van der Waals surface area (Å²) < 4.78 is 14.3. The molecule has 2 fully saturated rings. The lowest BCUT2D eigenvalue weighted by molar-refractivity contribution is -0.137. The van der Waals surface area contributed by atoms with Gasteiger partial charge >= 0.3 is 18.0 Å². The molecule has 0 bridgehead atoms. The van der Waals surface area contributed by atoms with Crippen molar-refractivity contribution >= 4 is 46.7 Å². The number of amides is 2. The third kappa shape index (κ3) is 5.08. The van der Waals surface area contributed by atoms with Crippen molar-refractivity contribution in [2.75, 3.05) is 39.3 Å². The van der Waals surface area contributed by atoms with Crippen molar-refractivity contribution in [1.82, 2.24) is 25.0 Å². The van der Waals surface area contributed by atoms with E-state index in [-0.39, 0.29) is 47.7 Å². The molecule has 38 heavy (non-hydrogen) atoms. The number of halogens is 2. The van der Waals surface area contributed by atoms with Crippen molar-refractivity contribution < 1.29 is 29.0 Å². The van der Waals surface area contributed by atoms with Gasteiger partial charge in [-0.2, -0.15) is 0 Å². The summed E-state index contributed by atoms with van der Waals surface area (Å²) in [6, 6.07) is 2.82. The van der Waals surface area contributed by atoms with Gasteiger partial charge in [-0.15, -0.1) is 11.3 Å². The van der Waals surface area contributed by atoms with Crippen molar-refractivity contribution in [2.24, 2.45) is 4.99 Å². The van der Waals surface area contributed by atoms with Gasteiger partial charge in [-0.25, -0.2) is 19.0 Å². The summed E-state index contributed by atoms with van der Waals surface area (Å²) in [5, 5.41) is 24.5. The minimum Gasteiger partial charge on any atom is -0.481 e. The Morgan fingerprint density at radius 1 is 1.24 bits per heavy atom. The van der Waals surface area contributed by atoms with Crippen molar-refractivity contribution in [1.29, 1.82) is 0 Å². The zero-order valence-electron chi connectivity index (χ0n) is 20.0. The lowest BCUT2D eigenvalue weighted by Gasteiger charge is -2.38. The van der Waals surface area contributed by atoms with Gasteiger partial charge < -0.3 is 25.3 Å². The molecule has 2 amide bonds. The first-order valence-electron chi connectivity index (χ1n) is 11.9. The number of thiazole rings is 1. The maximum absolute atomic E-state index is 14.3. The number of benzene rings is 1. The average Bonchev–Trinajstić information content (AvgIpc) is 3.52. The second kappa shape index (κ2) is 10.7. The summed E-state index contributed by atoms with van der Waals surface area (Å²) in [5.41, 5.74) is 0.562. The summed E-state index contributed by atoms with van der Waals surface area (Å²) in [5.74, 6) is -2.49. The number of nitrogens with zero attached hydrogens (tertiary/aromatic N) is 5. The van der Waals surface area contributed by atoms with E-state index in [0.29, 0.717) is 42.7 Å². The van der Waals surface area contributed by atoms with E-state index in [0.717, 1.165) is 0 Å². The maximum Gasteiger partial charge on any atom is 0.335 e. The van der Waals surface area contributed by atoms with E-state index in [1.807, 2.05) is 4.90 Å². The highest BCUT2D eigenvalue weighted by Crippen LogP contribution is 2.37. The topological polar surface area (TPSA) is 139 Å². The SMILES string of the molecule is O=C(O)CCN1C[C@@H]2CN(CC3=C(C(=O)O)[C@H](c4cccc(F)c4Cl)N=C(c4nccs4)N3)CCN2C1=O. The van der Waals surface area contributed by atoms with Crippen LogP contribution in [0.3, 0.4) is 0 Å². The molecule has 1 aromatic carbocycles.